The molecule has 3 rings (SSSR count). The van der Waals surface area contributed by atoms with Crippen molar-refractivity contribution in [2.24, 2.45) is 0 Å². The van der Waals surface area contributed by atoms with Gasteiger partial charge in [-0.2, -0.15) is 0 Å². The first-order chi connectivity index (χ1) is 7.51. The molecule has 96 valence electrons. The molecule has 0 aromatic rings. The van der Waals surface area contributed by atoms with Gasteiger partial charge in [0.05, 0.1) is 0 Å². The van der Waals surface area contributed by atoms with Gasteiger partial charge in [0.1, 0.15) is 0 Å². The molecule has 0 aromatic carbocycles. The molecule has 0 unspecified atom stereocenters. The topological polar surface area (TPSA) is 0 Å². The van der Waals surface area contributed by atoms with Crippen LogP contribution in [-0.2, 0) is 19.2 Å². The fourth-order valence-electron chi connectivity index (χ4n) is 3.41. The van der Waals surface area contributed by atoms with Gasteiger partial charge in [-0.3, -0.25) is 0 Å². The maximum Gasteiger partial charge on any atom is -1.00 e. The number of allylic oxidation sites excluding steroid dienone is 8. The Morgan fingerprint density at radius 2 is 1.28 bits per heavy atom. The first-order valence-electron chi connectivity index (χ1n) is 6.10. The van der Waals surface area contributed by atoms with Crippen molar-refractivity contribution in [3.05, 3.63) is 41.4 Å². The second kappa shape index (κ2) is 5.46. The van der Waals surface area contributed by atoms with E-state index in [0.29, 0.717) is 0 Å². The zero-order valence-corrected chi connectivity index (χ0v) is 15.4. The number of hydrogen-bond donors (Lipinski definition) is 0. The minimum absolute atomic E-state index is 0. The van der Waals surface area contributed by atoms with Crippen molar-refractivity contribution >= 4 is 8.07 Å². The van der Waals surface area contributed by atoms with Crippen LogP contribution in [0.2, 0.25) is 13.1 Å². The summed E-state index contributed by atoms with van der Waals surface area (Å²) in [5, 5.41) is 3.50. The molecule has 4 bridgehead atoms. The molecule has 0 N–H and O–H groups in total. The van der Waals surface area contributed by atoms with Crippen molar-refractivity contribution in [2.75, 3.05) is 0 Å². The zero-order valence-electron chi connectivity index (χ0n) is 11.3. The Bertz CT molecular complexity index is 466. The molecule has 0 spiro atoms. The van der Waals surface area contributed by atoms with Gasteiger partial charge < -0.3 is 24.8 Å². The summed E-state index contributed by atoms with van der Waals surface area (Å²) >= 11 is 0.0307. The monoisotopic (exact) mass is 332 g/mol. The molecule has 0 fully saturated rings. The quantitative estimate of drug-likeness (QED) is 0.454. The van der Waals surface area contributed by atoms with Crippen LogP contribution in [0, 0.1) is 0 Å². The molecule has 4 heteroatoms. The van der Waals surface area contributed by atoms with Gasteiger partial charge in [-0.1, -0.05) is 0 Å². The predicted molar refractivity (Wildman–Crippen MR) is 68.3 cm³/mol. The van der Waals surface area contributed by atoms with Crippen LogP contribution in [0.1, 0.15) is 26.7 Å². The summed E-state index contributed by atoms with van der Waals surface area (Å²) in [7, 11) is -1.35. The molecule has 2 aliphatic carbocycles. The summed E-state index contributed by atoms with van der Waals surface area (Å²) in [4.78, 5) is 0. The van der Waals surface area contributed by atoms with Crippen molar-refractivity contribution in [3.8, 4) is 0 Å². The maximum atomic E-state index is 2.55. The average molecular weight is 333 g/mol. The first kappa shape index (κ1) is 16.5. The Morgan fingerprint density at radius 3 is 1.67 bits per heavy atom. The predicted octanol–water partition coefficient (Wildman–Crippen LogP) is -1.91. The van der Waals surface area contributed by atoms with E-state index in [2.05, 4.69) is 39.1 Å². The van der Waals surface area contributed by atoms with Crippen LogP contribution in [0.5, 0.6) is 0 Å². The third kappa shape index (κ3) is 2.19. The molecular formula is C14H18Cl2SiTi. The average Bonchev–Trinajstić information content (AvgIpc) is 2.75. The fraction of sp³-hybridized carbons (Fsp3) is 0.429. The van der Waals surface area contributed by atoms with Crippen molar-refractivity contribution in [2.45, 2.75) is 39.8 Å². The van der Waals surface area contributed by atoms with Gasteiger partial charge in [0, 0.05) is 0 Å². The molecule has 3 aliphatic rings. The molecule has 0 radical (unpaired) electrons. The SMILES string of the molecule is CC1=[C]2CC=C1[Si](C)(C)C1=CC[C](=C1C)[Ti+2]2.[Cl-].[Cl-]. The summed E-state index contributed by atoms with van der Waals surface area (Å²) in [5.74, 6) is 0. The third-order valence-corrected chi connectivity index (χ3v) is 11.0. The standard InChI is InChI=1S/C14H18Si.2ClH.Ti/c1-11-7-5-9-13(11)15(3,4)14-10-6-8-12(14)2;;;/h9-10H,5-6H2,1-4H3;2*1H;/q;;;+2/p-2. The Kier molecular flexibility index (Phi) is 5.01. The summed E-state index contributed by atoms with van der Waals surface area (Å²) in [6, 6.07) is 0. The van der Waals surface area contributed by atoms with Gasteiger partial charge in [0.25, 0.3) is 0 Å². The van der Waals surface area contributed by atoms with E-state index in [4.69, 9.17) is 0 Å². The number of fused-ring (bicyclic) bond motifs is 2. The van der Waals surface area contributed by atoms with Gasteiger partial charge in [0.15, 0.2) is 0 Å². The van der Waals surface area contributed by atoms with Crippen molar-refractivity contribution in [1.82, 2.24) is 0 Å². The molecular weight excluding hydrogens is 315 g/mol. The van der Waals surface area contributed by atoms with Gasteiger partial charge >= 0.3 is 108 Å². The van der Waals surface area contributed by atoms with Crippen LogP contribution in [0.15, 0.2) is 41.4 Å². The van der Waals surface area contributed by atoms with Gasteiger partial charge in [-0.25, -0.2) is 0 Å². The van der Waals surface area contributed by atoms with E-state index in [0.717, 1.165) is 0 Å². The Hall–Kier alpha value is 0.471. The Labute approximate surface area is 132 Å². The van der Waals surface area contributed by atoms with E-state index < -0.39 is 8.07 Å². The maximum absolute atomic E-state index is 2.55. The number of hydrogen-bond acceptors (Lipinski definition) is 0. The molecule has 18 heavy (non-hydrogen) atoms. The molecule has 0 saturated carbocycles. The molecule has 0 atom stereocenters. The minimum atomic E-state index is -1.35. The Balaban J connectivity index is 0.000000810. The summed E-state index contributed by atoms with van der Waals surface area (Å²) in [5.41, 5.74) is 3.38. The van der Waals surface area contributed by atoms with Crippen molar-refractivity contribution in [1.29, 1.82) is 0 Å². The van der Waals surface area contributed by atoms with Gasteiger partial charge in [-0.15, -0.1) is 0 Å². The zero-order chi connectivity index (χ0) is 11.5. The summed E-state index contributed by atoms with van der Waals surface area (Å²) in [6.45, 7) is 9.84. The van der Waals surface area contributed by atoms with E-state index in [1.165, 1.54) is 12.8 Å². The van der Waals surface area contributed by atoms with Gasteiger partial charge in [-0.05, 0) is 0 Å². The van der Waals surface area contributed by atoms with Crippen LogP contribution in [-0.4, -0.2) is 8.07 Å². The minimum Gasteiger partial charge on any atom is -1.00 e. The number of halogens is 2. The normalized spacial score (nSPS) is 22.9. The van der Waals surface area contributed by atoms with Gasteiger partial charge in [0.2, 0.25) is 0 Å². The second-order valence-corrected chi connectivity index (χ2v) is 12.2. The van der Waals surface area contributed by atoms with E-state index in [9.17, 15) is 0 Å². The third-order valence-electron chi connectivity index (χ3n) is 4.38. The summed E-state index contributed by atoms with van der Waals surface area (Å²) < 4.78 is 3.64. The van der Waals surface area contributed by atoms with Crippen molar-refractivity contribution < 1.29 is 44.0 Å². The van der Waals surface area contributed by atoms with Crippen LogP contribution in [0.3, 0.4) is 0 Å². The smallest absolute Gasteiger partial charge is 1.00 e. The molecule has 0 amide bonds. The molecule has 0 aromatic heterocycles. The van der Waals surface area contributed by atoms with Crippen LogP contribution < -0.4 is 24.8 Å². The summed E-state index contributed by atoms with van der Waals surface area (Å²) in [6.07, 6.45) is 7.66. The van der Waals surface area contributed by atoms with E-state index in [1.54, 1.807) is 21.5 Å². The fourth-order valence-corrected chi connectivity index (χ4v) is 9.70. The molecule has 1 heterocycles. The molecule has 1 aliphatic heterocycles. The first-order valence-corrected chi connectivity index (χ1v) is 10.7. The molecule has 0 saturated heterocycles. The number of rotatable bonds is 0. The van der Waals surface area contributed by atoms with Crippen LogP contribution in [0.4, 0.5) is 0 Å². The van der Waals surface area contributed by atoms with Crippen LogP contribution >= 0.6 is 0 Å². The van der Waals surface area contributed by atoms with E-state index in [-0.39, 0.29) is 44.0 Å². The van der Waals surface area contributed by atoms with E-state index in [1.807, 2.05) is 7.76 Å². The molecule has 0 nitrogen and oxygen atoms in total. The second-order valence-electron chi connectivity index (χ2n) is 5.60. The van der Waals surface area contributed by atoms with Crippen LogP contribution in [0.25, 0.3) is 0 Å². The van der Waals surface area contributed by atoms with E-state index >= 15 is 0 Å². The Morgan fingerprint density at radius 1 is 0.889 bits per heavy atom. The largest absolute Gasteiger partial charge is 1.00 e. The van der Waals surface area contributed by atoms with Crippen molar-refractivity contribution in [3.63, 3.8) is 0 Å².